The number of ketones is 1. The van der Waals surface area contributed by atoms with Gasteiger partial charge in [-0.05, 0) is 138 Å². The lowest BCUT2D eigenvalue weighted by molar-refractivity contribution is -0.225. The van der Waals surface area contributed by atoms with Gasteiger partial charge in [-0.1, -0.05) is 107 Å². The van der Waals surface area contributed by atoms with Crippen molar-refractivity contribution < 1.29 is 9.90 Å². The Morgan fingerprint density at radius 3 is 2.24 bits per heavy atom. The molecule has 0 amide bonds. The van der Waals surface area contributed by atoms with E-state index in [9.17, 15) is 9.90 Å². The highest BCUT2D eigenvalue weighted by Gasteiger charge is 2.70. The van der Waals surface area contributed by atoms with Gasteiger partial charge in [0.05, 0.1) is 0 Å². The summed E-state index contributed by atoms with van der Waals surface area (Å²) in [5.74, 6) is 3.46. The first kappa shape index (κ1) is 33.6. The summed E-state index contributed by atoms with van der Waals surface area (Å²) in [6.07, 6.45) is 13.6. The van der Waals surface area contributed by atoms with Crippen LogP contribution in [0.1, 0.15) is 127 Å². The molecule has 3 heteroatoms. The molecule has 5 fully saturated rings. The molecular weight excluding hydrogens is 599 g/mol. The zero-order valence-corrected chi connectivity index (χ0v) is 31.2. The van der Waals surface area contributed by atoms with Gasteiger partial charge < -0.3 is 10.0 Å². The van der Waals surface area contributed by atoms with Crippen molar-refractivity contribution in [3.05, 3.63) is 89.5 Å². The van der Waals surface area contributed by atoms with Crippen LogP contribution in [0.2, 0.25) is 0 Å². The first-order chi connectivity index (χ1) is 23.3. The molecule has 0 radical (unpaired) electrons. The smallest absolute Gasteiger partial charge is 0.195 e. The number of hydrogen-bond acceptors (Lipinski definition) is 3. The van der Waals surface area contributed by atoms with E-state index < -0.39 is 6.10 Å². The summed E-state index contributed by atoms with van der Waals surface area (Å²) in [5.41, 5.74) is 6.94. The number of carbonyl (C=O) groups excluding carboxylic acids is 1. The van der Waals surface area contributed by atoms with Crippen molar-refractivity contribution in [2.24, 2.45) is 56.7 Å². The van der Waals surface area contributed by atoms with Gasteiger partial charge in [0.2, 0.25) is 0 Å². The van der Waals surface area contributed by atoms with Gasteiger partial charge in [0.25, 0.3) is 0 Å². The summed E-state index contributed by atoms with van der Waals surface area (Å²) in [5, 5.41) is 10.9. The second-order valence-corrected chi connectivity index (χ2v) is 19.1. The summed E-state index contributed by atoms with van der Waals surface area (Å²) >= 11 is 0. The first-order valence-corrected chi connectivity index (χ1v) is 19.7. The second-order valence-electron chi connectivity index (χ2n) is 19.1. The molecule has 3 nitrogen and oxygen atoms in total. The maximum absolute atomic E-state index is 13.0. The minimum absolute atomic E-state index is 0.0446. The van der Waals surface area contributed by atoms with Crippen molar-refractivity contribution in [1.82, 2.24) is 4.90 Å². The van der Waals surface area contributed by atoms with Crippen LogP contribution in [0.15, 0.2) is 72.8 Å². The summed E-state index contributed by atoms with van der Waals surface area (Å²) < 4.78 is 0. The Balaban J connectivity index is 1.07. The Morgan fingerprint density at radius 2 is 1.57 bits per heavy atom. The number of nitrogens with zero attached hydrogens (tertiary/aromatic N) is 1. The normalized spacial score (nSPS) is 41.4. The number of aliphatic hydroxyl groups is 1. The highest BCUT2D eigenvalue weighted by molar-refractivity contribution is 5.99. The van der Waals surface area contributed by atoms with E-state index in [1.165, 1.54) is 87.7 Å². The third-order valence-corrected chi connectivity index (χ3v) is 16.7. The number of allylic oxidation sites excluding steroid dienone is 3. The van der Waals surface area contributed by atoms with Crippen LogP contribution in [-0.4, -0.2) is 35.4 Å². The molecule has 8 rings (SSSR count). The summed E-state index contributed by atoms with van der Waals surface area (Å²) in [4.78, 5) is 15.7. The Morgan fingerprint density at radius 1 is 0.857 bits per heavy atom. The van der Waals surface area contributed by atoms with Crippen LogP contribution in [0.25, 0.3) is 5.57 Å². The molecule has 262 valence electrons. The molecule has 10 atom stereocenters. The Labute approximate surface area is 296 Å². The fourth-order valence-corrected chi connectivity index (χ4v) is 14.1. The number of carbonyl (C=O) groups is 1. The van der Waals surface area contributed by atoms with E-state index >= 15 is 0 Å². The fourth-order valence-electron chi connectivity index (χ4n) is 14.1. The van der Waals surface area contributed by atoms with Crippen molar-refractivity contribution in [3.63, 3.8) is 0 Å². The molecule has 1 unspecified atom stereocenters. The van der Waals surface area contributed by atoms with Crippen LogP contribution in [0.3, 0.4) is 0 Å². The molecule has 0 spiro atoms. The average molecular weight is 660 g/mol. The molecular formula is C46H61NO2. The van der Waals surface area contributed by atoms with E-state index in [1.807, 2.05) is 30.3 Å². The molecule has 1 aliphatic heterocycles. The lowest BCUT2D eigenvalue weighted by atomic mass is 9.32. The highest BCUT2D eigenvalue weighted by Crippen LogP contribution is 2.77. The largest absolute Gasteiger partial charge is 0.380 e. The van der Waals surface area contributed by atoms with Crippen LogP contribution >= 0.6 is 0 Å². The second kappa shape index (κ2) is 11.5. The van der Waals surface area contributed by atoms with Crippen molar-refractivity contribution in [3.8, 4) is 0 Å². The van der Waals surface area contributed by atoms with Crippen LogP contribution < -0.4 is 0 Å². The van der Waals surface area contributed by atoms with Gasteiger partial charge >= 0.3 is 0 Å². The topological polar surface area (TPSA) is 40.3 Å². The number of fused-ring (bicyclic) bond motifs is 7. The molecule has 5 aliphatic carbocycles. The summed E-state index contributed by atoms with van der Waals surface area (Å²) in [6.45, 7) is 24.2. The molecule has 0 aromatic heterocycles. The van der Waals surface area contributed by atoms with Gasteiger partial charge in [-0.25, -0.2) is 0 Å². The predicted octanol–water partition coefficient (Wildman–Crippen LogP) is 10.6. The van der Waals surface area contributed by atoms with Crippen molar-refractivity contribution >= 4 is 11.4 Å². The minimum Gasteiger partial charge on any atom is -0.380 e. The Kier molecular flexibility index (Phi) is 7.90. The lowest BCUT2D eigenvalue weighted by Gasteiger charge is -2.72. The third kappa shape index (κ3) is 4.91. The van der Waals surface area contributed by atoms with Crippen molar-refractivity contribution in [2.75, 3.05) is 19.6 Å². The molecule has 49 heavy (non-hydrogen) atoms. The first-order valence-electron chi connectivity index (χ1n) is 19.7. The number of benzene rings is 2. The zero-order chi connectivity index (χ0) is 34.6. The van der Waals surface area contributed by atoms with E-state index in [0.717, 1.165) is 24.2 Å². The van der Waals surface area contributed by atoms with E-state index in [-0.39, 0.29) is 16.6 Å². The average Bonchev–Trinajstić information content (AvgIpc) is 3.81. The maximum Gasteiger partial charge on any atom is 0.195 e. The summed E-state index contributed by atoms with van der Waals surface area (Å²) in [6, 6.07) is 17.4. The minimum atomic E-state index is -1.15. The van der Waals surface area contributed by atoms with Crippen LogP contribution in [0, 0.1) is 56.7 Å². The number of aliphatic hydroxyl groups excluding tert-OH is 1. The van der Waals surface area contributed by atoms with Gasteiger partial charge in [-0.2, -0.15) is 0 Å². The SMILES string of the molecule is C=C(C)[C@@H]1CC[C@]2(CN3CC3)CC[C@]3(C)[C@H](CC[C@@H]4[C@@]5(C)CC=C(c6ccc(C(O)C(=O)c7ccccc7)cc6)C(C)(C)[C@@H]5CC[C@]43C)[C@@H]12. The lowest BCUT2D eigenvalue weighted by Crippen LogP contribution is -2.65. The molecule has 0 bridgehead atoms. The van der Waals surface area contributed by atoms with Gasteiger partial charge in [0.15, 0.2) is 5.78 Å². The van der Waals surface area contributed by atoms with E-state index in [2.05, 4.69) is 71.2 Å². The van der Waals surface area contributed by atoms with Gasteiger partial charge in [0.1, 0.15) is 6.10 Å². The Bertz CT molecular complexity index is 1650. The van der Waals surface area contributed by atoms with Gasteiger partial charge in [0, 0.05) is 25.2 Å². The van der Waals surface area contributed by atoms with Gasteiger partial charge in [-0.3, -0.25) is 4.79 Å². The molecule has 2 aromatic carbocycles. The standard InChI is InChI=1S/C46H61NO2/c1-30(2)34-19-24-46(29-47-27-28-47)26-25-44(6)36(39(34)46)17-18-38-43(5)22-20-35(42(3,4)37(43)21-23-45(38,44)7)31-13-15-33(16-14-31)41(49)40(48)32-11-9-8-10-12-32/h8-16,20,34,36-39,41,49H,1,17-19,21-29H2,2-7H3/t34-,36+,37-,38+,39+,41?,43-,44+,45+,46+/m0/s1. The summed E-state index contributed by atoms with van der Waals surface area (Å²) in [7, 11) is 0. The third-order valence-electron chi connectivity index (χ3n) is 16.7. The number of Topliss-reactive ketones (excluding diaryl/α,β-unsaturated/α-hetero) is 1. The predicted molar refractivity (Wildman–Crippen MR) is 201 cm³/mol. The van der Waals surface area contributed by atoms with E-state index in [1.54, 1.807) is 12.1 Å². The molecule has 1 heterocycles. The molecule has 2 aromatic rings. The zero-order valence-electron chi connectivity index (χ0n) is 31.2. The van der Waals surface area contributed by atoms with Crippen LogP contribution in [0.5, 0.6) is 0 Å². The quantitative estimate of drug-likeness (QED) is 0.183. The number of rotatable bonds is 7. The van der Waals surface area contributed by atoms with E-state index in [4.69, 9.17) is 0 Å². The van der Waals surface area contributed by atoms with Gasteiger partial charge in [-0.15, -0.1) is 0 Å². The van der Waals surface area contributed by atoms with Crippen molar-refractivity contribution in [1.29, 1.82) is 0 Å². The maximum atomic E-state index is 13.0. The molecule has 4 saturated carbocycles. The van der Waals surface area contributed by atoms with Crippen LogP contribution in [0.4, 0.5) is 0 Å². The molecule has 6 aliphatic rings. The molecule has 1 N–H and O–H groups in total. The van der Waals surface area contributed by atoms with E-state index in [0.29, 0.717) is 39.2 Å². The fraction of sp³-hybridized carbons (Fsp3) is 0.630. The monoisotopic (exact) mass is 659 g/mol. The van der Waals surface area contributed by atoms with Crippen LogP contribution in [-0.2, 0) is 0 Å². The number of hydrogen-bond donors (Lipinski definition) is 1. The Hall–Kier alpha value is -2.49. The van der Waals surface area contributed by atoms with Crippen molar-refractivity contribution in [2.45, 2.75) is 105 Å². The highest BCUT2D eigenvalue weighted by atomic mass is 16.3. The molecule has 1 saturated heterocycles.